The van der Waals surface area contributed by atoms with E-state index in [1.165, 1.54) is 18.6 Å². The Morgan fingerprint density at radius 1 is 1.42 bits per heavy atom. The highest BCUT2D eigenvalue weighted by Crippen LogP contribution is 2.42. The highest BCUT2D eigenvalue weighted by Gasteiger charge is 2.34. The predicted molar refractivity (Wildman–Crippen MR) is 97.6 cm³/mol. The predicted octanol–water partition coefficient (Wildman–Crippen LogP) is 4.21. The topological polar surface area (TPSA) is 72.0 Å². The van der Waals surface area contributed by atoms with Gasteiger partial charge >= 0.3 is 0 Å². The molecule has 1 aliphatic rings. The van der Waals surface area contributed by atoms with Crippen molar-refractivity contribution in [2.45, 2.75) is 44.2 Å². The third-order valence-corrected chi connectivity index (χ3v) is 6.25. The third-order valence-electron chi connectivity index (χ3n) is 4.86. The zero-order chi connectivity index (χ0) is 19.1. The molecule has 0 spiro atoms. The lowest BCUT2D eigenvalue weighted by Gasteiger charge is -2.38. The van der Waals surface area contributed by atoms with Crippen molar-refractivity contribution in [3.63, 3.8) is 0 Å². The first-order valence-corrected chi connectivity index (χ1v) is 10.7. The first-order valence-electron chi connectivity index (χ1n) is 8.42. The molecule has 0 radical (unpaired) electrons. The van der Waals surface area contributed by atoms with Gasteiger partial charge in [0.05, 0.1) is 17.3 Å². The minimum absolute atomic E-state index is 0.0100. The minimum Gasteiger partial charge on any atom is -0.365 e. The van der Waals surface area contributed by atoms with Crippen LogP contribution in [0.25, 0.3) is 0 Å². The van der Waals surface area contributed by atoms with Gasteiger partial charge < -0.3 is 9.72 Å². The smallest absolute Gasteiger partial charge is 0.194 e. The number of nitrogens with zero attached hydrogens (tertiary/aromatic N) is 1. The van der Waals surface area contributed by atoms with Crippen molar-refractivity contribution in [1.29, 1.82) is 0 Å². The van der Waals surface area contributed by atoms with Crippen LogP contribution in [-0.2, 0) is 14.6 Å². The second kappa shape index (κ2) is 6.94. The van der Waals surface area contributed by atoms with Crippen LogP contribution in [0.2, 0.25) is 5.02 Å². The van der Waals surface area contributed by atoms with E-state index in [1.807, 2.05) is 0 Å². The summed E-state index contributed by atoms with van der Waals surface area (Å²) in [6, 6.07) is 4.34. The molecule has 5 nitrogen and oxygen atoms in total. The monoisotopic (exact) mass is 400 g/mol. The van der Waals surface area contributed by atoms with E-state index in [9.17, 15) is 12.8 Å². The lowest BCUT2D eigenvalue weighted by Crippen LogP contribution is -2.32. The zero-order valence-corrected chi connectivity index (χ0v) is 16.5. The number of hydrogen-bond donors (Lipinski definition) is 1. The fourth-order valence-electron chi connectivity index (χ4n) is 3.17. The maximum absolute atomic E-state index is 13.6. The molecule has 1 heterocycles. The van der Waals surface area contributed by atoms with E-state index in [4.69, 9.17) is 16.3 Å². The molecule has 1 N–H and O–H groups in total. The minimum atomic E-state index is -3.46. The molecule has 3 rings (SSSR count). The summed E-state index contributed by atoms with van der Waals surface area (Å²) in [4.78, 5) is 7.25. The van der Waals surface area contributed by atoms with E-state index in [-0.39, 0.29) is 15.5 Å². The fourth-order valence-corrected chi connectivity index (χ4v) is 4.23. The van der Waals surface area contributed by atoms with Crippen LogP contribution < -0.4 is 0 Å². The van der Waals surface area contributed by atoms with E-state index in [0.717, 1.165) is 19.1 Å². The van der Waals surface area contributed by atoms with Crippen molar-refractivity contribution in [2.24, 2.45) is 5.41 Å². The quantitative estimate of drug-likeness (QED) is 0.788. The molecule has 2 aromatic rings. The Bertz CT molecular complexity index is 923. The molecular weight excluding hydrogens is 379 g/mol. The van der Waals surface area contributed by atoms with Gasteiger partial charge in [-0.1, -0.05) is 31.0 Å². The third kappa shape index (κ3) is 3.94. The van der Waals surface area contributed by atoms with E-state index >= 15 is 0 Å². The SMILES string of the molecule is Cc1[nH]c(C(OCC2(C)CCC2)c2ccc(F)c(Cl)c2)nc1S(C)(=O)=O. The van der Waals surface area contributed by atoms with Gasteiger partial charge in [-0.25, -0.2) is 17.8 Å². The van der Waals surface area contributed by atoms with Crippen molar-refractivity contribution >= 4 is 21.4 Å². The molecular formula is C18H22ClFN2O3S. The number of aromatic amines is 1. The first kappa shape index (κ1) is 19.3. The molecule has 1 fully saturated rings. The summed E-state index contributed by atoms with van der Waals surface area (Å²) in [5.74, 6) is -0.152. The average Bonchev–Trinajstić information content (AvgIpc) is 2.91. The van der Waals surface area contributed by atoms with Crippen LogP contribution in [0.5, 0.6) is 0 Å². The van der Waals surface area contributed by atoms with Crippen LogP contribution in [0.15, 0.2) is 23.2 Å². The Morgan fingerprint density at radius 2 is 2.12 bits per heavy atom. The van der Waals surface area contributed by atoms with Gasteiger partial charge in [0.25, 0.3) is 0 Å². The first-order chi connectivity index (χ1) is 12.1. The summed E-state index contributed by atoms with van der Waals surface area (Å²) >= 11 is 5.93. The van der Waals surface area contributed by atoms with Crippen LogP contribution in [0.1, 0.15) is 49.4 Å². The van der Waals surface area contributed by atoms with Crippen molar-refractivity contribution in [2.75, 3.05) is 12.9 Å². The Balaban J connectivity index is 1.98. The lowest BCUT2D eigenvalue weighted by atomic mass is 9.71. The summed E-state index contributed by atoms with van der Waals surface area (Å²) in [6.45, 7) is 4.30. The maximum Gasteiger partial charge on any atom is 0.194 e. The Kier molecular flexibility index (Phi) is 5.16. The number of aryl methyl sites for hydroxylation is 1. The van der Waals surface area contributed by atoms with E-state index in [1.54, 1.807) is 13.0 Å². The number of imidazole rings is 1. The molecule has 26 heavy (non-hydrogen) atoms. The maximum atomic E-state index is 13.6. The second-order valence-electron chi connectivity index (χ2n) is 7.35. The number of nitrogens with one attached hydrogen (secondary N) is 1. The molecule has 1 aromatic heterocycles. The van der Waals surface area contributed by atoms with Gasteiger partial charge in [0.2, 0.25) is 0 Å². The molecule has 0 amide bonds. The van der Waals surface area contributed by atoms with Gasteiger partial charge in [-0.05, 0) is 42.9 Å². The van der Waals surface area contributed by atoms with Gasteiger partial charge in [-0.15, -0.1) is 0 Å². The molecule has 142 valence electrons. The molecule has 0 aliphatic heterocycles. The van der Waals surface area contributed by atoms with Crippen molar-refractivity contribution in [3.8, 4) is 0 Å². The Morgan fingerprint density at radius 3 is 2.62 bits per heavy atom. The molecule has 1 unspecified atom stereocenters. The van der Waals surface area contributed by atoms with Crippen LogP contribution >= 0.6 is 11.6 Å². The van der Waals surface area contributed by atoms with Crippen LogP contribution in [0.4, 0.5) is 4.39 Å². The van der Waals surface area contributed by atoms with Gasteiger partial charge in [-0.2, -0.15) is 0 Å². The molecule has 8 heteroatoms. The number of hydrogen-bond acceptors (Lipinski definition) is 4. The summed E-state index contributed by atoms with van der Waals surface area (Å²) in [7, 11) is -3.46. The lowest BCUT2D eigenvalue weighted by molar-refractivity contribution is -0.0244. The molecule has 1 aliphatic carbocycles. The summed E-state index contributed by atoms with van der Waals surface area (Å²) < 4.78 is 43.5. The number of ether oxygens (including phenoxy) is 1. The van der Waals surface area contributed by atoms with E-state index < -0.39 is 21.8 Å². The number of benzene rings is 1. The number of sulfone groups is 1. The summed E-state index contributed by atoms with van der Waals surface area (Å²) in [6.07, 6.45) is 3.79. The van der Waals surface area contributed by atoms with Gasteiger partial charge in [-0.3, -0.25) is 0 Å². The highest BCUT2D eigenvalue weighted by molar-refractivity contribution is 7.90. The number of halogens is 2. The van der Waals surface area contributed by atoms with Crippen molar-refractivity contribution < 1.29 is 17.5 Å². The van der Waals surface area contributed by atoms with Crippen LogP contribution in [0, 0.1) is 18.2 Å². The Labute approximate surface area is 157 Å². The van der Waals surface area contributed by atoms with E-state index in [2.05, 4.69) is 16.9 Å². The van der Waals surface area contributed by atoms with Gasteiger partial charge in [0.1, 0.15) is 17.7 Å². The summed E-state index contributed by atoms with van der Waals surface area (Å²) in [5.41, 5.74) is 1.16. The Hall–Kier alpha value is -1.44. The molecule has 1 atom stereocenters. The van der Waals surface area contributed by atoms with Gasteiger partial charge in [0, 0.05) is 6.26 Å². The number of aromatic nitrogens is 2. The molecule has 1 saturated carbocycles. The standard InChI is InChI=1S/C18H22ClFN2O3S/c1-11-17(26(3,23)24)22-16(21-11)15(25-10-18(2)7-4-8-18)12-5-6-14(20)13(19)9-12/h5-6,9,15H,4,7-8,10H2,1-3H3,(H,21,22). The number of H-pyrrole nitrogens is 1. The zero-order valence-electron chi connectivity index (χ0n) is 15.0. The number of rotatable bonds is 6. The van der Waals surface area contributed by atoms with Gasteiger partial charge in [0.15, 0.2) is 14.9 Å². The molecule has 0 saturated heterocycles. The molecule has 0 bridgehead atoms. The van der Waals surface area contributed by atoms with Crippen LogP contribution in [0.3, 0.4) is 0 Å². The second-order valence-corrected chi connectivity index (χ2v) is 9.69. The summed E-state index contributed by atoms with van der Waals surface area (Å²) in [5, 5.41) is -0.0262. The van der Waals surface area contributed by atoms with Crippen LogP contribution in [-0.4, -0.2) is 31.2 Å². The highest BCUT2D eigenvalue weighted by atomic mass is 35.5. The van der Waals surface area contributed by atoms with Crippen molar-refractivity contribution in [3.05, 3.63) is 46.1 Å². The largest absolute Gasteiger partial charge is 0.365 e. The fraction of sp³-hybridized carbons (Fsp3) is 0.500. The normalized spacial score (nSPS) is 17.7. The van der Waals surface area contributed by atoms with Crippen molar-refractivity contribution in [1.82, 2.24) is 9.97 Å². The average molecular weight is 401 g/mol. The molecule has 1 aromatic carbocycles. The van der Waals surface area contributed by atoms with E-state index in [0.29, 0.717) is 23.7 Å².